The fraction of sp³-hybridized carbons (Fsp3) is 0.710. The minimum Gasteiger partial charge on any atom is -0.448 e. The Morgan fingerprint density at radius 3 is 2.58 bits per heavy atom. The highest BCUT2D eigenvalue weighted by Crippen LogP contribution is 2.34. The van der Waals surface area contributed by atoms with Gasteiger partial charge in [-0.15, -0.1) is 0 Å². The van der Waals surface area contributed by atoms with Crippen LogP contribution in [0.15, 0.2) is 28.4 Å². The van der Waals surface area contributed by atoms with Gasteiger partial charge in [0.25, 0.3) is 0 Å². The fourth-order valence-corrected chi connectivity index (χ4v) is 5.39. The van der Waals surface area contributed by atoms with Crippen LogP contribution in [0.1, 0.15) is 105 Å². The monoisotopic (exact) mass is 499 g/mol. The summed E-state index contributed by atoms with van der Waals surface area (Å²) >= 11 is 0. The molecule has 0 spiro atoms. The predicted octanol–water partition coefficient (Wildman–Crippen LogP) is 7.24. The molecule has 0 bridgehead atoms. The molecule has 3 unspecified atom stereocenters. The van der Waals surface area contributed by atoms with Gasteiger partial charge in [0, 0.05) is 30.6 Å². The van der Waals surface area contributed by atoms with E-state index in [9.17, 15) is 14.7 Å². The smallest absolute Gasteiger partial charge is 0.194 e. The molecule has 202 valence electrons. The van der Waals surface area contributed by atoms with E-state index in [1.165, 1.54) is 0 Å². The molecule has 0 aromatic carbocycles. The molecule has 1 aromatic rings. The van der Waals surface area contributed by atoms with Crippen LogP contribution in [0.5, 0.6) is 0 Å². The molecule has 1 aromatic heterocycles. The van der Waals surface area contributed by atoms with Gasteiger partial charge >= 0.3 is 0 Å². The van der Waals surface area contributed by atoms with Gasteiger partial charge in [-0.05, 0) is 55.9 Å². The maximum atomic E-state index is 13.2. The van der Waals surface area contributed by atoms with Gasteiger partial charge in [-0.2, -0.15) is 0 Å². The van der Waals surface area contributed by atoms with Gasteiger partial charge in [-0.25, -0.2) is 4.98 Å². The van der Waals surface area contributed by atoms with E-state index in [2.05, 4.69) is 44.8 Å². The van der Waals surface area contributed by atoms with E-state index in [0.717, 1.165) is 49.3 Å². The summed E-state index contributed by atoms with van der Waals surface area (Å²) in [5.74, 6) is 1.67. The average Bonchev–Trinajstić information content (AvgIpc) is 3.21. The zero-order valence-corrected chi connectivity index (χ0v) is 23.8. The molecule has 5 nitrogen and oxygen atoms in total. The molecule has 0 saturated heterocycles. The third-order valence-corrected chi connectivity index (χ3v) is 7.80. The lowest BCUT2D eigenvalue weighted by Crippen LogP contribution is -2.42. The van der Waals surface area contributed by atoms with Gasteiger partial charge in [-0.1, -0.05) is 72.6 Å². The lowest BCUT2D eigenvalue weighted by Gasteiger charge is -2.32. The second kappa shape index (κ2) is 13.5. The van der Waals surface area contributed by atoms with Gasteiger partial charge in [0.1, 0.15) is 23.5 Å². The van der Waals surface area contributed by atoms with Crippen molar-refractivity contribution in [3.05, 3.63) is 35.6 Å². The summed E-state index contributed by atoms with van der Waals surface area (Å²) in [5.41, 5.74) is 0.886. The summed E-state index contributed by atoms with van der Waals surface area (Å²) in [5, 5.41) is 11.0. The maximum Gasteiger partial charge on any atom is 0.194 e. The first-order valence-corrected chi connectivity index (χ1v) is 13.8. The zero-order valence-electron chi connectivity index (χ0n) is 23.8. The summed E-state index contributed by atoms with van der Waals surface area (Å²) in [6.07, 6.45) is 12.2. The summed E-state index contributed by atoms with van der Waals surface area (Å²) in [4.78, 5) is 31.0. The van der Waals surface area contributed by atoms with Crippen molar-refractivity contribution in [3.8, 4) is 0 Å². The Bertz CT molecular complexity index is 923. The standard InChI is InChI=1S/C31H49NO4/c1-20(2)14-29-32-25(19-36-29)16-23(5)27-17-26(33)18-28(34)31(7,8)30(35)24(6)15-21(3)12-10-9-11-13-22(27)4/h11,13,16,19-22,24,27-28,34H,9-10,12,14-15,17-18H2,1-8H3/b13-11-,23-16+/t21?,22-,24?,27-,28?/m0/s1. The number of allylic oxidation sites excluding steroid dienone is 3. The third-order valence-electron chi connectivity index (χ3n) is 7.80. The first-order chi connectivity index (χ1) is 16.8. The summed E-state index contributed by atoms with van der Waals surface area (Å²) in [6.45, 7) is 16.2. The minimum atomic E-state index is -0.993. The first kappa shape index (κ1) is 30.2. The second-order valence-electron chi connectivity index (χ2n) is 12.3. The number of aromatic nitrogens is 1. The van der Waals surface area contributed by atoms with Crippen molar-refractivity contribution in [2.75, 3.05) is 0 Å². The van der Waals surface area contributed by atoms with Crippen molar-refractivity contribution in [1.82, 2.24) is 4.98 Å². The Labute approximate surface area is 218 Å². The molecule has 2 rings (SSSR count). The van der Waals surface area contributed by atoms with Crippen molar-refractivity contribution in [3.63, 3.8) is 0 Å². The normalized spacial score (nSPS) is 30.5. The predicted molar refractivity (Wildman–Crippen MR) is 146 cm³/mol. The number of hydrogen-bond donors (Lipinski definition) is 1. The number of carbonyl (C=O) groups is 2. The van der Waals surface area contributed by atoms with E-state index in [-0.39, 0.29) is 35.7 Å². The number of aliphatic hydroxyl groups is 1. The molecule has 1 heterocycles. The van der Waals surface area contributed by atoms with Crippen LogP contribution in [-0.2, 0) is 16.0 Å². The number of carbonyl (C=O) groups excluding carboxylic acids is 2. The highest BCUT2D eigenvalue weighted by atomic mass is 16.3. The van der Waals surface area contributed by atoms with Crippen molar-refractivity contribution >= 4 is 17.6 Å². The van der Waals surface area contributed by atoms with Gasteiger partial charge in [0.15, 0.2) is 5.89 Å². The number of Topliss-reactive ketones (excluding diaryl/α,β-unsaturated/α-hetero) is 2. The average molecular weight is 500 g/mol. The molecule has 0 amide bonds. The topological polar surface area (TPSA) is 80.4 Å². The van der Waals surface area contributed by atoms with Crippen LogP contribution in [0, 0.1) is 35.0 Å². The van der Waals surface area contributed by atoms with E-state index in [0.29, 0.717) is 18.3 Å². The highest BCUT2D eigenvalue weighted by Gasteiger charge is 2.39. The van der Waals surface area contributed by atoms with Crippen LogP contribution < -0.4 is 0 Å². The van der Waals surface area contributed by atoms with E-state index in [1.54, 1.807) is 20.1 Å². The number of ketones is 2. The SMILES string of the molecule is C/C(=C\c1coc(CC(C)C)n1)[C@H]1CC(=O)CC(O)C(C)(C)C(=O)C(C)CC(C)CCC/C=C\[C@@H]1C. The Morgan fingerprint density at radius 1 is 1.22 bits per heavy atom. The van der Waals surface area contributed by atoms with E-state index < -0.39 is 11.5 Å². The van der Waals surface area contributed by atoms with E-state index in [1.807, 2.05) is 19.9 Å². The third kappa shape index (κ3) is 8.83. The summed E-state index contributed by atoms with van der Waals surface area (Å²) in [7, 11) is 0. The van der Waals surface area contributed by atoms with Gasteiger partial charge in [-0.3, -0.25) is 9.59 Å². The molecular weight excluding hydrogens is 450 g/mol. The largest absolute Gasteiger partial charge is 0.448 e. The van der Waals surface area contributed by atoms with Gasteiger partial charge in [0.05, 0.1) is 6.10 Å². The summed E-state index contributed by atoms with van der Waals surface area (Å²) in [6, 6.07) is 0. The van der Waals surface area contributed by atoms with Crippen LogP contribution >= 0.6 is 0 Å². The molecule has 36 heavy (non-hydrogen) atoms. The van der Waals surface area contributed by atoms with Crippen molar-refractivity contribution in [2.24, 2.45) is 35.0 Å². The molecule has 0 aliphatic heterocycles. The number of aliphatic hydroxyl groups excluding tert-OH is 1. The van der Waals surface area contributed by atoms with Crippen LogP contribution in [-0.4, -0.2) is 27.8 Å². The Balaban J connectivity index is 2.30. The molecule has 1 aliphatic rings. The molecular formula is C31H49NO4. The molecule has 0 radical (unpaired) electrons. The molecule has 5 atom stereocenters. The van der Waals surface area contributed by atoms with Gasteiger partial charge < -0.3 is 9.52 Å². The molecule has 5 heteroatoms. The zero-order chi connectivity index (χ0) is 27.0. The fourth-order valence-electron chi connectivity index (χ4n) is 5.39. The number of hydrogen-bond acceptors (Lipinski definition) is 5. The Kier molecular flexibility index (Phi) is 11.3. The number of nitrogens with zero attached hydrogens (tertiary/aromatic N) is 1. The molecule has 1 N–H and O–H groups in total. The van der Waals surface area contributed by atoms with E-state index >= 15 is 0 Å². The van der Waals surface area contributed by atoms with Gasteiger partial charge in [0.2, 0.25) is 0 Å². The second-order valence-corrected chi connectivity index (χ2v) is 12.3. The van der Waals surface area contributed by atoms with E-state index in [4.69, 9.17) is 4.42 Å². The number of rotatable bonds is 4. The first-order valence-electron chi connectivity index (χ1n) is 13.8. The molecule has 0 fully saturated rings. The molecule has 0 saturated carbocycles. The maximum absolute atomic E-state index is 13.2. The van der Waals surface area contributed by atoms with Crippen LogP contribution in [0.2, 0.25) is 0 Å². The summed E-state index contributed by atoms with van der Waals surface area (Å²) < 4.78 is 5.63. The lowest BCUT2D eigenvalue weighted by molar-refractivity contribution is -0.139. The highest BCUT2D eigenvalue weighted by molar-refractivity contribution is 5.88. The van der Waals surface area contributed by atoms with Crippen LogP contribution in [0.3, 0.4) is 0 Å². The van der Waals surface area contributed by atoms with Crippen LogP contribution in [0.4, 0.5) is 0 Å². The van der Waals surface area contributed by atoms with Crippen molar-refractivity contribution < 1.29 is 19.1 Å². The lowest BCUT2D eigenvalue weighted by atomic mass is 9.73. The quantitative estimate of drug-likeness (QED) is 0.442. The Hall–Kier alpha value is -2.01. The van der Waals surface area contributed by atoms with Crippen molar-refractivity contribution in [2.45, 2.75) is 106 Å². The minimum absolute atomic E-state index is 0.0102. The Morgan fingerprint density at radius 2 is 1.92 bits per heavy atom. The number of oxazole rings is 1. The molecule has 1 aliphatic carbocycles. The van der Waals surface area contributed by atoms with Crippen molar-refractivity contribution in [1.29, 1.82) is 0 Å². The van der Waals surface area contributed by atoms with Crippen LogP contribution in [0.25, 0.3) is 6.08 Å².